The molecule has 1 aliphatic carbocycles. The number of hydrogen-bond acceptors (Lipinski definition) is 3. The minimum Gasteiger partial charge on any atom is -0.481 e. The molecule has 1 saturated carbocycles. The van der Waals surface area contributed by atoms with Crippen LogP contribution < -0.4 is 10.6 Å². The average molecular weight is 226 g/mol. The van der Waals surface area contributed by atoms with Crippen LogP contribution in [-0.2, 0) is 9.59 Å². The van der Waals surface area contributed by atoms with E-state index in [-0.39, 0.29) is 0 Å². The van der Waals surface area contributed by atoms with Gasteiger partial charge in [0.05, 0.1) is 5.92 Å². The van der Waals surface area contributed by atoms with Crippen LogP contribution in [0, 0.1) is 11.3 Å². The summed E-state index contributed by atoms with van der Waals surface area (Å²) in [6, 6.07) is -0.538. The zero-order valence-corrected chi connectivity index (χ0v) is 9.16. The summed E-state index contributed by atoms with van der Waals surface area (Å²) >= 11 is 0. The van der Waals surface area contributed by atoms with Gasteiger partial charge in [-0.3, -0.25) is 14.9 Å². The fraction of sp³-hybridized carbons (Fsp3) is 0.700. The van der Waals surface area contributed by atoms with Crippen molar-refractivity contribution < 1.29 is 19.5 Å². The van der Waals surface area contributed by atoms with Gasteiger partial charge in [0, 0.05) is 5.41 Å². The van der Waals surface area contributed by atoms with Gasteiger partial charge < -0.3 is 10.4 Å². The highest BCUT2D eigenvalue weighted by molar-refractivity contribution is 6.08. The van der Waals surface area contributed by atoms with Crippen LogP contribution in [0.1, 0.15) is 26.7 Å². The van der Waals surface area contributed by atoms with Gasteiger partial charge in [0.25, 0.3) is 5.91 Å². The van der Waals surface area contributed by atoms with Gasteiger partial charge in [-0.05, 0) is 12.8 Å². The fourth-order valence-corrected chi connectivity index (χ4v) is 2.89. The monoisotopic (exact) mass is 226 g/mol. The van der Waals surface area contributed by atoms with Crippen molar-refractivity contribution in [1.29, 1.82) is 0 Å². The summed E-state index contributed by atoms with van der Waals surface area (Å²) in [5, 5.41) is 13.9. The third-order valence-corrected chi connectivity index (χ3v) is 4.02. The molecule has 0 unspecified atom stereocenters. The lowest BCUT2D eigenvalue weighted by Gasteiger charge is -2.37. The van der Waals surface area contributed by atoms with E-state index in [1.54, 1.807) is 13.8 Å². The van der Waals surface area contributed by atoms with Gasteiger partial charge in [0.2, 0.25) is 0 Å². The molecule has 3 N–H and O–H groups in total. The molecule has 6 heteroatoms. The molecule has 0 aromatic rings. The molecule has 2 atom stereocenters. The molecule has 88 valence electrons. The Labute approximate surface area is 92.4 Å². The van der Waals surface area contributed by atoms with Crippen LogP contribution in [0.25, 0.3) is 0 Å². The number of carboxylic acids is 1. The second-order valence-corrected chi connectivity index (χ2v) is 4.96. The second-order valence-electron chi connectivity index (χ2n) is 4.96. The zero-order chi connectivity index (χ0) is 12.1. The van der Waals surface area contributed by atoms with Gasteiger partial charge in [-0.2, -0.15) is 0 Å². The second kappa shape index (κ2) is 2.96. The smallest absolute Gasteiger partial charge is 0.322 e. The molecule has 2 rings (SSSR count). The Bertz CT molecular complexity index is 390. The molecule has 0 bridgehead atoms. The number of urea groups is 1. The number of rotatable bonds is 1. The zero-order valence-electron chi connectivity index (χ0n) is 9.16. The molecule has 6 nitrogen and oxygen atoms in total. The first-order valence-electron chi connectivity index (χ1n) is 5.18. The van der Waals surface area contributed by atoms with Crippen molar-refractivity contribution in [2.75, 3.05) is 0 Å². The molecule has 0 aromatic carbocycles. The number of amides is 3. The van der Waals surface area contributed by atoms with Crippen molar-refractivity contribution in [3.8, 4) is 0 Å². The molecular formula is C10H14N2O4. The molecule has 16 heavy (non-hydrogen) atoms. The van der Waals surface area contributed by atoms with E-state index in [2.05, 4.69) is 10.6 Å². The molecule has 1 spiro atoms. The van der Waals surface area contributed by atoms with Gasteiger partial charge in [0.1, 0.15) is 5.54 Å². The summed E-state index contributed by atoms with van der Waals surface area (Å²) in [5.74, 6) is -1.95. The summed E-state index contributed by atoms with van der Waals surface area (Å²) in [4.78, 5) is 34.1. The summed E-state index contributed by atoms with van der Waals surface area (Å²) in [6.07, 6.45) is 0.768. The van der Waals surface area contributed by atoms with Crippen LogP contribution in [0.5, 0.6) is 0 Å². The van der Waals surface area contributed by atoms with E-state index in [4.69, 9.17) is 5.11 Å². The van der Waals surface area contributed by atoms with Crippen molar-refractivity contribution in [1.82, 2.24) is 10.6 Å². The van der Waals surface area contributed by atoms with Crippen LogP contribution in [0.15, 0.2) is 0 Å². The lowest BCUT2D eigenvalue weighted by molar-refractivity contribution is -0.146. The number of carbonyl (C=O) groups is 3. The first kappa shape index (κ1) is 10.9. The maximum Gasteiger partial charge on any atom is 0.322 e. The number of aliphatic carboxylic acids is 1. The van der Waals surface area contributed by atoms with E-state index in [0.29, 0.717) is 12.8 Å². The number of carboxylic acid groups (broad SMARTS) is 1. The Morgan fingerprint density at radius 3 is 2.44 bits per heavy atom. The third kappa shape index (κ3) is 1.10. The SMILES string of the molecule is CC1(C)[C@@H](C(=O)O)CC[C@@]12NC(=O)NC2=O. The number of nitrogens with one attached hydrogen (secondary N) is 2. The van der Waals surface area contributed by atoms with E-state index in [9.17, 15) is 14.4 Å². The predicted octanol–water partition coefficient (Wildman–Crippen LogP) is 0.0854. The highest BCUT2D eigenvalue weighted by atomic mass is 16.4. The van der Waals surface area contributed by atoms with Crippen molar-refractivity contribution in [3.05, 3.63) is 0 Å². The maximum absolute atomic E-state index is 11.8. The van der Waals surface area contributed by atoms with Crippen LogP contribution in [0.3, 0.4) is 0 Å². The van der Waals surface area contributed by atoms with Gasteiger partial charge in [0.15, 0.2) is 0 Å². The van der Waals surface area contributed by atoms with Gasteiger partial charge >= 0.3 is 12.0 Å². The van der Waals surface area contributed by atoms with E-state index < -0.39 is 34.8 Å². The lowest BCUT2D eigenvalue weighted by Crippen LogP contribution is -2.56. The average Bonchev–Trinajstić information content (AvgIpc) is 2.54. The summed E-state index contributed by atoms with van der Waals surface area (Å²) < 4.78 is 0. The lowest BCUT2D eigenvalue weighted by atomic mass is 9.70. The van der Waals surface area contributed by atoms with Crippen LogP contribution in [-0.4, -0.2) is 28.6 Å². The van der Waals surface area contributed by atoms with Crippen LogP contribution >= 0.6 is 0 Å². The predicted molar refractivity (Wildman–Crippen MR) is 53.5 cm³/mol. The molecule has 0 aromatic heterocycles. The molecule has 2 fully saturated rings. The van der Waals surface area contributed by atoms with E-state index in [1.165, 1.54) is 0 Å². The van der Waals surface area contributed by atoms with Crippen molar-refractivity contribution in [2.45, 2.75) is 32.2 Å². The number of imide groups is 1. The topological polar surface area (TPSA) is 95.5 Å². The Balaban J connectivity index is 2.42. The Morgan fingerprint density at radius 1 is 1.44 bits per heavy atom. The first-order valence-corrected chi connectivity index (χ1v) is 5.18. The van der Waals surface area contributed by atoms with E-state index >= 15 is 0 Å². The highest BCUT2D eigenvalue weighted by Gasteiger charge is 2.64. The summed E-state index contributed by atoms with van der Waals surface area (Å²) in [6.45, 7) is 3.42. The molecule has 1 saturated heterocycles. The first-order chi connectivity index (χ1) is 7.31. The largest absolute Gasteiger partial charge is 0.481 e. The summed E-state index contributed by atoms with van der Waals surface area (Å²) in [5.41, 5.74) is -1.85. The minimum atomic E-state index is -1.06. The van der Waals surface area contributed by atoms with Gasteiger partial charge in [-0.25, -0.2) is 4.79 Å². The van der Waals surface area contributed by atoms with Crippen molar-refractivity contribution in [3.63, 3.8) is 0 Å². The van der Waals surface area contributed by atoms with Gasteiger partial charge in [-0.1, -0.05) is 13.8 Å². The van der Waals surface area contributed by atoms with Crippen LogP contribution in [0.2, 0.25) is 0 Å². The molecule has 0 radical (unpaired) electrons. The standard InChI is InChI=1S/C10H14N2O4/c1-9(2)5(6(13)14)3-4-10(9)7(15)11-8(16)12-10/h5H,3-4H2,1-2H3,(H,13,14)(H2,11,12,15,16)/t5-,10+/m1/s1. The van der Waals surface area contributed by atoms with Crippen molar-refractivity contribution in [2.24, 2.45) is 11.3 Å². The summed E-state index contributed by atoms with van der Waals surface area (Å²) in [7, 11) is 0. The molecular weight excluding hydrogens is 212 g/mol. The number of carbonyl (C=O) groups excluding carboxylic acids is 2. The van der Waals surface area contributed by atoms with Gasteiger partial charge in [-0.15, -0.1) is 0 Å². The third-order valence-electron chi connectivity index (χ3n) is 4.02. The molecule has 1 aliphatic heterocycles. The maximum atomic E-state index is 11.8. The van der Waals surface area contributed by atoms with Crippen LogP contribution in [0.4, 0.5) is 4.79 Å². The molecule has 2 aliphatic rings. The Hall–Kier alpha value is -1.59. The Kier molecular flexibility index (Phi) is 2.02. The normalized spacial score (nSPS) is 36.2. The Morgan fingerprint density at radius 2 is 2.06 bits per heavy atom. The quantitative estimate of drug-likeness (QED) is 0.552. The fourth-order valence-electron chi connectivity index (χ4n) is 2.89. The van der Waals surface area contributed by atoms with E-state index in [1.807, 2.05) is 0 Å². The van der Waals surface area contributed by atoms with Crippen molar-refractivity contribution >= 4 is 17.9 Å². The molecule has 1 heterocycles. The van der Waals surface area contributed by atoms with E-state index in [0.717, 1.165) is 0 Å². The number of hydrogen-bond donors (Lipinski definition) is 3. The highest BCUT2D eigenvalue weighted by Crippen LogP contribution is 2.51. The minimum absolute atomic E-state index is 0.370. The molecule has 3 amide bonds.